The highest BCUT2D eigenvalue weighted by molar-refractivity contribution is 6.30. The molecule has 92 valence electrons. The minimum atomic E-state index is 0.568. The van der Waals surface area contributed by atoms with Crippen LogP contribution in [0.5, 0.6) is 0 Å². The first kappa shape index (κ1) is 12.5. The molecule has 0 atom stereocenters. The van der Waals surface area contributed by atoms with Crippen LogP contribution in [0.3, 0.4) is 0 Å². The summed E-state index contributed by atoms with van der Waals surface area (Å²) >= 11 is 5.81. The number of unbranched alkanes of at least 4 members (excludes halogenated alkanes) is 2. The van der Waals surface area contributed by atoms with Gasteiger partial charge in [-0.1, -0.05) is 11.6 Å². The zero-order valence-electron chi connectivity index (χ0n) is 9.75. The predicted octanol–water partition coefficient (Wildman–Crippen LogP) is 2.69. The molecule has 0 saturated heterocycles. The van der Waals surface area contributed by atoms with E-state index in [4.69, 9.17) is 16.9 Å². The summed E-state index contributed by atoms with van der Waals surface area (Å²) in [5, 5.41) is 21.3. The van der Waals surface area contributed by atoms with Crippen LogP contribution in [0, 0.1) is 11.3 Å². The minimum absolute atomic E-state index is 0.568. The van der Waals surface area contributed by atoms with Crippen LogP contribution in [-0.2, 0) is 6.54 Å². The molecule has 1 heterocycles. The van der Waals surface area contributed by atoms with Gasteiger partial charge in [-0.15, -0.1) is 10.2 Å². The molecule has 0 radical (unpaired) electrons. The van der Waals surface area contributed by atoms with E-state index in [9.17, 15) is 0 Å². The first-order chi connectivity index (χ1) is 8.79. The molecule has 0 amide bonds. The minimum Gasteiger partial charge on any atom is -0.198 e. The molecular weight excluding hydrogens is 250 g/mol. The molecule has 0 unspecified atom stereocenters. The number of aromatic nitrogens is 4. The Morgan fingerprint density at radius 3 is 2.72 bits per heavy atom. The first-order valence-electron chi connectivity index (χ1n) is 5.70. The standard InChI is InChI=1S/C12H12ClN5/c13-11-6-4-10(5-7-11)12-15-17-18(16-12)9-3-1-2-8-14/h4-7H,1-3,9H2. The van der Waals surface area contributed by atoms with E-state index in [0.29, 0.717) is 23.8 Å². The SMILES string of the molecule is N#CCCCCn1nnc(-c2ccc(Cl)cc2)n1. The molecule has 0 aliphatic rings. The largest absolute Gasteiger partial charge is 0.204 e. The fourth-order valence-electron chi connectivity index (χ4n) is 1.51. The molecule has 2 rings (SSSR count). The van der Waals surface area contributed by atoms with Crippen molar-refractivity contribution in [3.05, 3.63) is 29.3 Å². The van der Waals surface area contributed by atoms with Gasteiger partial charge in [-0.2, -0.15) is 10.1 Å². The molecule has 0 saturated carbocycles. The third-order valence-electron chi connectivity index (χ3n) is 2.45. The topological polar surface area (TPSA) is 67.4 Å². The van der Waals surface area contributed by atoms with Crippen LogP contribution < -0.4 is 0 Å². The lowest BCUT2D eigenvalue weighted by Gasteiger charge is -1.96. The van der Waals surface area contributed by atoms with Crippen molar-refractivity contribution in [2.24, 2.45) is 0 Å². The summed E-state index contributed by atoms with van der Waals surface area (Å²) in [7, 11) is 0. The summed E-state index contributed by atoms with van der Waals surface area (Å²) < 4.78 is 0. The van der Waals surface area contributed by atoms with Gasteiger partial charge in [0.15, 0.2) is 0 Å². The van der Waals surface area contributed by atoms with E-state index in [2.05, 4.69) is 21.5 Å². The number of aryl methyl sites for hydroxylation is 1. The van der Waals surface area contributed by atoms with Gasteiger partial charge in [0, 0.05) is 17.0 Å². The lowest BCUT2D eigenvalue weighted by Crippen LogP contribution is -2.02. The summed E-state index contributed by atoms with van der Waals surface area (Å²) in [5.74, 6) is 0.590. The van der Waals surface area contributed by atoms with Gasteiger partial charge in [0.2, 0.25) is 5.82 Å². The molecule has 0 N–H and O–H groups in total. The van der Waals surface area contributed by atoms with Gasteiger partial charge in [0.1, 0.15) is 0 Å². The smallest absolute Gasteiger partial charge is 0.198 e. The van der Waals surface area contributed by atoms with Gasteiger partial charge in [0.25, 0.3) is 0 Å². The maximum absolute atomic E-state index is 8.43. The monoisotopic (exact) mass is 261 g/mol. The third-order valence-corrected chi connectivity index (χ3v) is 2.70. The Labute approximate surface area is 110 Å². The lowest BCUT2D eigenvalue weighted by atomic mass is 10.2. The molecule has 5 nitrogen and oxygen atoms in total. The van der Waals surface area contributed by atoms with Gasteiger partial charge in [-0.3, -0.25) is 0 Å². The Morgan fingerprint density at radius 1 is 1.22 bits per heavy atom. The molecule has 6 heteroatoms. The predicted molar refractivity (Wildman–Crippen MR) is 67.7 cm³/mol. The number of hydrogen-bond donors (Lipinski definition) is 0. The van der Waals surface area contributed by atoms with Crippen LogP contribution in [0.25, 0.3) is 11.4 Å². The average Bonchev–Trinajstić information content (AvgIpc) is 2.84. The van der Waals surface area contributed by atoms with Gasteiger partial charge in [-0.25, -0.2) is 0 Å². The molecule has 0 spiro atoms. The summed E-state index contributed by atoms with van der Waals surface area (Å²) in [5.41, 5.74) is 0.891. The highest BCUT2D eigenvalue weighted by Crippen LogP contribution is 2.16. The van der Waals surface area contributed by atoms with Crippen LogP contribution >= 0.6 is 11.6 Å². The van der Waals surface area contributed by atoms with E-state index < -0.39 is 0 Å². The molecule has 0 fully saturated rings. The van der Waals surface area contributed by atoms with Crippen LogP contribution in [0.1, 0.15) is 19.3 Å². The van der Waals surface area contributed by atoms with Gasteiger partial charge in [0.05, 0.1) is 12.6 Å². The quantitative estimate of drug-likeness (QED) is 0.776. The normalized spacial score (nSPS) is 10.2. The maximum atomic E-state index is 8.43. The fraction of sp³-hybridized carbons (Fsp3) is 0.333. The summed E-state index contributed by atoms with van der Waals surface area (Å²) in [6.07, 6.45) is 2.30. The summed E-state index contributed by atoms with van der Waals surface area (Å²) in [4.78, 5) is 1.56. The Hall–Kier alpha value is -1.93. The molecule has 2 aromatic rings. The van der Waals surface area contributed by atoms with Gasteiger partial charge in [-0.05, 0) is 42.3 Å². The van der Waals surface area contributed by atoms with Crippen molar-refractivity contribution in [3.8, 4) is 17.5 Å². The Balaban J connectivity index is 1.97. The number of benzene rings is 1. The summed E-state index contributed by atoms with van der Waals surface area (Å²) in [6.45, 7) is 0.683. The molecule has 0 aliphatic carbocycles. The van der Waals surface area contributed by atoms with E-state index in [-0.39, 0.29) is 0 Å². The molecule has 1 aromatic carbocycles. The highest BCUT2D eigenvalue weighted by Gasteiger charge is 2.05. The molecule has 18 heavy (non-hydrogen) atoms. The number of nitrogens with zero attached hydrogens (tertiary/aromatic N) is 5. The van der Waals surface area contributed by atoms with Crippen molar-refractivity contribution in [3.63, 3.8) is 0 Å². The van der Waals surface area contributed by atoms with E-state index in [1.165, 1.54) is 0 Å². The van der Waals surface area contributed by atoms with E-state index in [0.717, 1.165) is 18.4 Å². The average molecular weight is 262 g/mol. The van der Waals surface area contributed by atoms with Gasteiger partial charge < -0.3 is 0 Å². The number of hydrogen-bond acceptors (Lipinski definition) is 4. The van der Waals surface area contributed by atoms with Crippen LogP contribution in [0.2, 0.25) is 5.02 Å². The summed E-state index contributed by atoms with van der Waals surface area (Å²) in [6, 6.07) is 9.43. The van der Waals surface area contributed by atoms with Crippen molar-refractivity contribution in [1.29, 1.82) is 5.26 Å². The van der Waals surface area contributed by atoms with Crippen molar-refractivity contribution in [2.45, 2.75) is 25.8 Å². The number of nitriles is 1. The zero-order valence-corrected chi connectivity index (χ0v) is 10.5. The van der Waals surface area contributed by atoms with E-state index in [1.807, 2.05) is 12.1 Å². The zero-order chi connectivity index (χ0) is 12.8. The highest BCUT2D eigenvalue weighted by atomic mass is 35.5. The number of halogens is 1. The number of rotatable bonds is 5. The molecule has 1 aromatic heterocycles. The first-order valence-corrected chi connectivity index (χ1v) is 6.08. The van der Waals surface area contributed by atoms with Gasteiger partial charge >= 0.3 is 0 Å². The maximum Gasteiger partial charge on any atom is 0.204 e. The second-order valence-corrected chi connectivity index (χ2v) is 4.27. The Morgan fingerprint density at radius 2 is 2.00 bits per heavy atom. The van der Waals surface area contributed by atoms with E-state index in [1.54, 1.807) is 16.9 Å². The second kappa shape index (κ2) is 6.12. The Kier molecular flexibility index (Phi) is 4.26. The third kappa shape index (κ3) is 3.28. The van der Waals surface area contributed by atoms with Crippen molar-refractivity contribution >= 4 is 11.6 Å². The van der Waals surface area contributed by atoms with Crippen molar-refractivity contribution in [2.75, 3.05) is 0 Å². The van der Waals surface area contributed by atoms with E-state index >= 15 is 0 Å². The second-order valence-electron chi connectivity index (χ2n) is 3.83. The van der Waals surface area contributed by atoms with Crippen LogP contribution in [0.15, 0.2) is 24.3 Å². The number of tetrazole rings is 1. The van der Waals surface area contributed by atoms with Crippen LogP contribution in [0.4, 0.5) is 0 Å². The van der Waals surface area contributed by atoms with Crippen molar-refractivity contribution < 1.29 is 0 Å². The molecule has 0 aliphatic heterocycles. The fourth-order valence-corrected chi connectivity index (χ4v) is 1.64. The van der Waals surface area contributed by atoms with Crippen LogP contribution in [-0.4, -0.2) is 20.2 Å². The lowest BCUT2D eigenvalue weighted by molar-refractivity contribution is 0.490. The molecular formula is C12H12ClN5. The van der Waals surface area contributed by atoms with Crippen molar-refractivity contribution in [1.82, 2.24) is 20.2 Å². The Bertz CT molecular complexity index is 540. The molecule has 0 bridgehead atoms.